The van der Waals surface area contributed by atoms with E-state index in [1.165, 1.54) is 12.8 Å². The first-order valence-corrected chi connectivity index (χ1v) is 12.8. The van der Waals surface area contributed by atoms with Crippen LogP contribution in [0.4, 0.5) is 0 Å². The molecule has 2 heterocycles. The predicted octanol–water partition coefficient (Wildman–Crippen LogP) is 7.38. The molecule has 0 radical (unpaired) electrons. The number of carbonyl (C=O) groups excluding carboxylic acids is 1. The van der Waals surface area contributed by atoms with Crippen LogP contribution in [0.15, 0.2) is 79.0 Å². The Morgan fingerprint density at radius 2 is 1.63 bits per heavy atom. The average molecular weight is 489 g/mol. The summed E-state index contributed by atoms with van der Waals surface area (Å²) in [6.07, 6.45) is 5.27. The molecule has 0 aliphatic heterocycles. The fourth-order valence-electron chi connectivity index (χ4n) is 4.49. The van der Waals surface area contributed by atoms with Crippen molar-refractivity contribution in [3.8, 4) is 16.9 Å². The summed E-state index contributed by atoms with van der Waals surface area (Å²) >= 11 is 6.09. The van der Waals surface area contributed by atoms with Gasteiger partial charge >= 0.3 is 0 Å². The van der Waals surface area contributed by atoms with Gasteiger partial charge in [-0.05, 0) is 92.5 Å². The molecule has 4 rings (SSSR count). The number of fused-ring (bicyclic) bond motifs is 1. The molecule has 2 aromatic carbocycles. The van der Waals surface area contributed by atoms with Crippen molar-refractivity contribution < 1.29 is 9.53 Å². The fourth-order valence-corrected chi connectivity index (χ4v) is 4.62. The Labute approximate surface area is 213 Å². The SMILES string of the molecule is CCCN(CCC)CCCOc1ccc(C(=O)c2c(-c3ccc(Cl)cc3)cc3ccccn23)cc1. The Kier molecular flexibility index (Phi) is 8.62. The second-order valence-electron chi connectivity index (χ2n) is 8.81. The first kappa shape index (κ1) is 25.0. The van der Waals surface area contributed by atoms with Gasteiger partial charge in [0.05, 0.1) is 6.61 Å². The van der Waals surface area contributed by atoms with Crippen molar-refractivity contribution in [3.05, 3.63) is 95.3 Å². The molecule has 0 saturated carbocycles. The first-order chi connectivity index (χ1) is 17.1. The van der Waals surface area contributed by atoms with E-state index in [4.69, 9.17) is 16.3 Å². The van der Waals surface area contributed by atoms with Crippen molar-refractivity contribution in [3.63, 3.8) is 0 Å². The number of nitrogens with zero attached hydrogens (tertiary/aromatic N) is 2. The maximum atomic E-state index is 13.7. The number of hydrogen-bond acceptors (Lipinski definition) is 3. The van der Waals surface area contributed by atoms with Crippen molar-refractivity contribution >= 4 is 22.9 Å². The van der Waals surface area contributed by atoms with Gasteiger partial charge in [-0.2, -0.15) is 0 Å². The lowest BCUT2D eigenvalue weighted by molar-refractivity contribution is 0.103. The highest BCUT2D eigenvalue weighted by atomic mass is 35.5. The summed E-state index contributed by atoms with van der Waals surface area (Å²) in [5, 5.41) is 0.671. The highest BCUT2D eigenvalue weighted by Crippen LogP contribution is 2.31. The third-order valence-electron chi connectivity index (χ3n) is 6.13. The van der Waals surface area contributed by atoms with Crippen molar-refractivity contribution in [2.24, 2.45) is 0 Å². The highest BCUT2D eigenvalue weighted by molar-refractivity contribution is 6.30. The highest BCUT2D eigenvalue weighted by Gasteiger charge is 2.20. The number of carbonyl (C=O) groups is 1. The van der Waals surface area contributed by atoms with Gasteiger partial charge in [-0.1, -0.05) is 43.6 Å². The fraction of sp³-hybridized carbons (Fsp3) is 0.300. The Hall–Kier alpha value is -3.08. The molecule has 0 N–H and O–H groups in total. The van der Waals surface area contributed by atoms with Gasteiger partial charge in [0.25, 0.3) is 0 Å². The van der Waals surface area contributed by atoms with E-state index in [1.54, 1.807) is 0 Å². The van der Waals surface area contributed by atoms with E-state index in [-0.39, 0.29) is 5.78 Å². The van der Waals surface area contributed by atoms with Crippen LogP contribution in [0.3, 0.4) is 0 Å². The van der Waals surface area contributed by atoms with E-state index in [2.05, 4.69) is 18.7 Å². The van der Waals surface area contributed by atoms with Gasteiger partial charge in [-0.3, -0.25) is 4.79 Å². The summed E-state index contributed by atoms with van der Waals surface area (Å²) in [6, 6.07) is 23.1. The van der Waals surface area contributed by atoms with E-state index >= 15 is 0 Å². The first-order valence-electron chi connectivity index (χ1n) is 12.5. The van der Waals surface area contributed by atoms with Gasteiger partial charge in [0.15, 0.2) is 0 Å². The lowest BCUT2D eigenvalue weighted by atomic mass is 10.0. The van der Waals surface area contributed by atoms with Crippen LogP contribution in [0, 0.1) is 0 Å². The Morgan fingerprint density at radius 3 is 2.31 bits per heavy atom. The Balaban J connectivity index is 1.49. The van der Waals surface area contributed by atoms with Gasteiger partial charge in [0.1, 0.15) is 11.4 Å². The van der Waals surface area contributed by atoms with Gasteiger partial charge in [-0.25, -0.2) is 0 Å². The Bertz CT molecular complexity index is 1240. The molecule has 0 aliphatic rings. The zero-order chi connectivity index (χ0) is 24.6. The smallest absolute Gasteiger partial charge is 0.210 e. The van der Waals surface area contributed by atoms with Crippen molar-refractivity contribution in [1.29, 1.82) is 0 Å². The van der Waals surface area contributed by atoms with Gasteiger partial charge in [-0.15, -0.1) is 0 Å². The summed E-state index contributed by atoms with van der Waals surface area (Å²) in [5.74, 6) is 0.763. The van der Waals surface area contributed by atoms with E-state index in [9.17, 15) is 4.79 Å². The summed E-state index contributed by atoms with van der Waals surface area (Å²) < 4.78 is 7.91. The topological polar surface area (TPSA) is 34.0 Å². The second kappa shape index (κ2) is 12.1. The minimum absolute atomic E-state index is 0.0255. The molecule has 0 aliphatic carbocycles. The molecule has 4 nitrogen and oxygen atoms in total. The van der Waals surface area contributed by atoms with Crippen LogP contribution in [0.5, 0.6) is 5.75 Å². The van der Waals surface area contributed by atoms with Crippen molar-refractivity contribution in [2.45, 2.75) is 33.1 Å². The normalized spacial score (nSPS) is 11.3. The molecule has 0 bridgehead atoms. The largest absolute Gasteiger partial charge is 0.494 e. The molecule has 4 aromatic rings. The van der Waals surface area contributed by atoms with E-state index in [1.807, 2.05) is 83.4 Å². The van der Waals surface area contributed by atoms with Gasteiger partial charge < -0.3 is 14.0 Å². The second-order valence-corrected chi connectivity index (χ2v) is 9.24. The number of benzene rings is 2. The van der Waals surface area contributed by atoms with Crippen LogP contribution >= 0.6 is 11.6 Å². The summed E-state index contributed by atoms with van der Waals surface area (Å²) in [6.45, 7) is 8.43. The zero-order valence-electron chi connectivity index (χ0n) is 20.5. The van der Waals surface area contributed by atoms with Crippen molar-refractivity contribution in [2.75, 3.05) is 26.2 Å². The lowest BCUT2D eigenvalue weighted by Gasteiger charge is -2.20. The standard InChI is InChI=1S/C30H33ClN2O2/c1-3-17-32(18-4-2)19-7-21-35-27-15-11-24(12-16-27)30(34)29-28(23-9-13-25(31)14-10-23)22-26-8-5-6-20-33(26)29/h5-6,8-16,20,22H,3-4,7,17-19,21H2,1-2H3. The minimum atomic E-state index is -0.0255. The molecule has 0 amide bonds. The molecular weight excluding hydrogens is 456 g/mol. The molecule has 0 atom stereocenters. The number of pyridine rings is 1. The van der Waals surface area contributed by atoms with Gasteiger partial charge in [0, 0.05) is 34.4 Å². The number of rotatable bonds is 12. The number of ether oxygens (including phenoxy) is 1. The monoisotopic (exact) mass is 488 g/mol. The number of hydrogen-bond donors (Lipinski definition) is 0. The number of ketones is 1. The third-order valence-corrected chi connectivity index (χ3v) is 6.39. The van der Waals surface area contributed by atoms with Crippen LogP contribution in [0.1, 0.15) is 49.2 Å². The summed E-state index contributed by atoms with van der Waals surface area (Å²) in [7, 11) is 0. The lowest BCUT2D eigenvalue weighted by Crippen LogP contribution is -2.27. The molecule has 0 spiro atoms. The molecule has 2 aromatic heterocycles. The summed E-state index contributed by atoms with van der Waals surface area (Å²) in [5.41, 5.74) is 4.10. The van der Waals surface area contributed by atoms with Gasteiger partial charge in [0.2, 0.25) is 5.78 Å². The molecule has 182 valence electrons. The van der Waals surface area contributed by atoms with E-state index < -0.39 is 0 Å². The molecule has 0 unspecified atom stereocenters. The molecule has 0 fully saturated rings. The maximum Gasteiger partial charge on any atom is 0.210 e. The third kappa shape index (κ3) is 6.14. The number of aromatic nitrogens is 1. The molecule has 35 heavy (non-hydrogen) atoms. The van der Waals surface area contributed by atoms with Crippen LogP contribution in [0.2, 0.25) is 5.02 Å². The quantitative estimate of drug-likeness (QED) is 0.154. The number of halogens is 1. The van der Waals surface area contributed by atoms with Crippen LogP contribution < -0.4 is 4.74 Å². The maximum absolute atomic E-state index is 13.7. The average Bonchev–Trinajstić information content (AvgIpc) is 3.27. The van der Waals surface area contributed by atoms with E-state index in [0.29, 0.717) is 22.9 Å². The summed E-state index contributed by atoms with van der Waals surface area (Å²) in [4.78, 5) is 16.2. The predicted molar refractivity (Wildman–Crippen MR) is 145 cm³/mol. The molecular formula is C30H33ClN2O2. The minimum Gasteiger partial charge on any atom is -0.494 e. The van der Waals surface area contributed by atoms with Crippen molar-refractivity contribution in [1.82, 2.24) is 9.30 Å². The van der Waals surface area contributed by atoms with Crippen LogP contribution in [-0.4, -0.2) is 41.3 Å². The molecule has 5 heteroatoms. The Morgan fingerprint density at radius 1 is 0.914 bits per heavy atom. The van der Waals surface area contributed by atoms with Crippen LogP contribution in [-0.2, 0) is 0 Å². The van der Waals surface area contributed by atoms with Crippen LogP contribution in [0.25, 0.3) is 16.6 Å². The molecule has 0 saturated heterocycles. The van der Waals surface area contributed by atoms with E-state index in [0.717, 1.165) is 48.4 Å². The zero-order valence-corrected chi connectivity index (χ0v) is 21.3.